The monoisotopic (exact) mass is 421 g/mol. The van der Waals surface area contributed by atoms with Crippen molar-refractivity contribution in [1.29, 1.82) is 0 Å². The van der Waals surface area contributed by atoms with Gasteiger partial charge in [0.2, 0.25) is 10.0 Å². The first kappa shape index (κ1) is 21.3. The van der Waals surface area contributed by atoms with E-state index in [2.05, 4.69) is 10.4 Å². The summed E-state index contributed by atoms with van der Waals surface area (Å²) in [6.07, 6.45) is 0.704. The van der Waals surface area contributed by atoms with Crippen LogP contribution in [-0.4, -0.2) is 57.0 Å². The Morgan fingerprint density at radius 1 is 1.24 bits per heavy atom. The van der Waals surface area contributed by atoms with Gasteiger partial charge in [-0.05, 0) is 44.5 Å². The number of aromatic nitrogens is 2. The highest BCUT2D eigenvalue weighted by Gasteiger charge is 2.21. The lowest BCUT2D eigenvalue weighted by molar-refractivity contribution is 0.0951. The van der Waals surface area contributed by atoms with Crippen LogP contribution in [0.4, 0.5) is 5.69 Å². The van der Waals surface area contributed by atoms with E-state index in [1.54, 1.807) is 6.07 Å². The third kappa shape index (κ3) is 5.34. The van der Waals surface area contributed by atoms with E-state index in [0.29, 0.717) is 57.1 Å². The van der Waals surface area contributed by atoms with Crippen molar-refractivity contribution in [3.63, 3.8) is 0 Å². The van der Waals surface area contributed by atoms with Gasteiger partial charge >= 0.3 is 0 Å². The number of aryl methyl sites for hydroxylation is 3. The first-order valence-corrected chi connectivity index (χ1v) is 11.1. The van der Waals surface area contributed by atoms with Crippen molar-refractivity contribution in [3.05, 3.63) is 41.2 Å². The quantitative estimate of drug-likeness (QED) is 0.639. The lowest BCUT2D eigenvalue weighted by Gasteiger charge is -2.30. The Hall–Kier alpha value is -2.43. The maximum absolute atomic E-state index is 12.8. The molecule has 29 heavy (non-hydrogen) atoms. The third-order valence-corrected chi connectivity index (χ3v) is 5.74. The summed E-state index contributed by atoms with van der Waals surface area (Å²) < 4.78 is 30.8. The minimum absolute atomic E-state index is 0.0812. The van der Waals surface area contributed by atoms with E-state index in [1.807, 2.05) is 29.5 Å². The van der Waals surface area contributed by atoms with Crippen LogP contribution in [0.2, 0.25) is 0 Å². The van der Waals surface area contributed by atoms with Crippen molar-refractivity contribution in [3.8, 4) is 0 Å². The van der Waals surface area contributed by atoms with E-state index in [9.17, 15) is 13.2 Å². The molecule has 2 heterocycles. The minimum atomic E-state index is -3.90. The molecule has 0 saturated carbocycles. The van der Waals surface area contributed by atoms with Crippen LogP contribution in [0.15, 0.2) is 29.2 Å². The summed E-state index contributed by atoms with van der Waals surface area (Å²) in [7, 11) is -3.90. The van der Waals surface area contributed by atoms with Crippen LogP contribution in [0.3, 0.4) is 0 Å². The van der Waals surface area contributed by atoms with Crippen molar-refractivity contribution in [1.82, 2.24) is 15.1 Å². The molecule has 1 saturated heterocycles. The Balaban J connectivity index is 1.72. The molecular weight excluding hydrogens is 394 g/mol. The van der Waals surface area contributed by atoms with Crippen LogP contribution >= 0.6 is 0 Å². The lowest BCUT2D eigenvalue weighted by atomic mass is 10.1. The van der Waals surface area contributed by atoms with Crippen molar-refractivity contribution in [2.75, 3.05) is 37.7 Å². The molecule has 2 aromatic rings. The van der Waals surface area contributed by atoms with Crippen molar-refractivity contribution in [2.24, 2.45) is 5.14 Å². The number of carbonyl (C=O) groups is 1. The van der Waals surface area contributed by atoms with Crippen LogP contribution < -0.4 is 15.4 Å². The number of anilines is 1. The maximum atomic E-state index is 12.8. The Bertz CT molecular complexity index is 980. The van der Waals surface area contributed by atoms with Gasteiger partial charge in [0.25, 0.3) is 5.91 Å². The molecule has 0 atom stereocenters. The van der Waals surface area contributed by atoms with Crippen molar-refractivity contribution >= 4 is 21.6 Å². The highest BCUT2D eigenvalue weighted by molar-refractivity contribution is 7.89. The smallest absolute Gasteiger partial charge is 0.253 e. The largest absolute Gasteiger partial charge is 0.378 e. The molecule has 158 valence electrons. The molecule has 1 fully saturated rings. The second-order valence-electron chi connectivity index (χ2n) is 7.08. The number of amides is 1. The van der Waals surface area contributed by atoms with Gasteiger partial charge < -0.3 is 15.0 Å². The molecule has 1 amide bonds. The number of nitrogens with two attached hydrogens (primary N) is 1. The van der Waals surface area contributed by atoms with Crippen molar-refractivity contribution in [2.45, 2.75) is 31.7 Å². The van der Waals surface area contributed by atoms with Crippen LogP contribution in [0.5, 0.6) is 0 Å². The number of nitrogens with zero attached hydrogens (tertiary/aromatic N) is 3. The number of morpholine rings is 1. The van der Waals surface area contributed by atoms with E-state index in [4.69, 9.17) is 9.88 Å². The summed E-state index contributed by atoms with van der Waals surface area (Å²) in [4.78, 5) is 14.8. The summed E-state index contributed by atoms with van der Waals surface area (Å²) in [5.41, 5.74) is 3.01. The van der Waals surface area contributed by atoms with Gasteiger partial charge in [0, 0.05) is 37.6 Å². The molecule has 0 radical (unpaired) electrons. The molecule has 9 nitrogen and oxygen atoms in total. The first-order chi connectivity index (χ1) is 13.8. The van der Waals surface area contributed by atoms with E-state index in [0.717, 1.165) is 11.4 Å². The molecular formula is C19H27N5O4S. The molecule has 3 N–H and O–H groups in total. The summed E-state index contributed by atoms with van der Waals surface area (Å²) in [6, 6.07) is 6.41. The standard InChI is InChI=1S/C19H27N5O4S/c1-14-12-15(2)24(22-14)7-3-6-21-19(25)17-13-16(29(20,26)27)4-5-18(17)23-8-10-28-11-9-23/h4-5,12-13H,3,6-11H2,1-2H3,(H,21,25)(H2,20,26,27). The van der Waals surface area contributed by atoms with E-state index in [-0.39, 0.29) is 10.8 Å². The number of hydrogen-bond acceptors (Lipinski definition) is 6. The summed E-state index contributed by atoms with van der Waals surface area (Å²) in [6.45, 7) is 7.44. The molecule has 3 rings (SSSR count). The number of rotatable bonds is 7. The summed E-state index contributed by atoms with van der Waals surface area (Å²) >= 11 is 0. The molecule has 1 aliphatic rings. The minimum Gasteiger partial charge on any atom is -0.378 e. The predicted octanol–water partition coefficient (Wildman–Crippen LogP) is 0.804. The molecule has 0 aliphatic carbocycles. The highest BCUT2D eigenvalue weighted by atomic mass is 32.2. The number of primary sulfonamides is 1. The molecule has 1 aliphatic heterocycles. The predicted molar refractivity (Wildman–Crippen MR) is 109 cm³/mol. The van der Waals surface area contributed by atoms with Gasteiger partial charge in [0.1, 0.15) is 0 Å². The average Bonchev–Trinajstić information content (AvgIpc) is 3.01. The zero-order valence-corrected chi connectivity index (χ0v) is 17.5. The topological polar surface area (TPSA) is 120 Å². The Kier molecular flexibility index (Phi) is 6.56. The van der Waals surface area contributed by atoms with Crippen LogP contribution in [0, 0.1) is 13.8 Å². The zero-order chi connectivity index (χ0) is 21.0. The molecule has 1 aromatic heterocycles. The number of hydrogen-bond donors (Lipinski definition) is 2. The number of ether oxygens (including phenoxy) is 1. The fourth-order valence-corrected chi connectivity index (χ4v) is 3.92. The molecule has 0 bridgehead atoms. The highest BCUT2D eigenvalue weighted by Crippen LogP contribution is 2.25. The van der Waals surface area contributed by atoms with Crippen LogP contribution in [0.25, 0.3) is 0 Å². The number of benzene rings is 1. The van der Waals surface area contributed by atoms with Crippen LogP contribution in [-0.2, 0) is 21.3 Å². The Morgan fingerprint density at radius 3 is 2.59 bits per heavy atom. The SMILES string of the molecule is Cc1cc(C)n(CCCNC(=O)c2cc(S(N)(=O)=O)ccc2N2CCOCC2)n1. The maximum Gasteiger partial charge on any atom is 0.253 e. The number of nitrogens with one attached hydrogen (secondary N) is 1. The second kappa shape index (κ2) is 8.93. The van der Waals surface area contributed by atoms with Crippen molar-refractivity contribution < 1.29 is 17.9 Å². The van der Waals surface area contributed by atoms with E-state index in [1.165, 1.54) is 12.1 Å². The normalized spacial score (nSPS) is 14.8. The second-order valence-corrected chi connectivity index (χ2v) is 8.64. The average molecular weight is 422 g/mol. The van der Waals surface area contributed by atoms with Gasteiger partial charge in [-0.2, -0.15) is 5.10 Å². The zero-order valence-electron chi connectivity index (χ0n) is 16.7. The fourth-order valence-electron chi connectivity index (χ4n) is 3.38. The van der Waals surface area contributed by atoms with Gasteiger partial charge in [-0.1, -0.05) is 0 Å². The molecule has 10 heteroatoms. The summed E-state index contributed by atoms with van der Waals surface area (Å²) in [5, 5.41) is 12.5. The Morgan fingerprint density at radius 2 is 1.97 bits per heavy atom. The lowest BCUT2D eigenvalue weighted by Crippen LogP contribution is -2.38. The fraction of sp³-hybridized carbons (Fsp3) is 0.474. The van der Waals surface area contributed by atoms with Gasteiger partial charge in [0.05, 0.1) is 29.4 Å². The van der Waals surface area contributed by atoms with Gasteiger partial charge in [-0.25, -0.2) is 13.6 Å². The molecule has 0 unspecified atom stereocenters. The summed E-state index contributed by atoms with van der Waals surface area (Å²) in [5.74, 6) is -0.328. The Labute approximate surface area is 170 Å². The third-order valence-electron chi connectivity index (χ3n) is 4.83. The van der Waals surface area contributed by atoms with E-state index < -0.39 is 10.0 Å². The van der Waals surface area contributed by atoms with Crippen LogP contribution in [0.1, 0.15) is 28.2 Å². The first-order valence-electron chi connectivity index (χ1n) is 9.54. The number of sulfonamides is 1. The van der Waals surface area contributed by atoms with Gasteiger partial charge in [0.15, 0.2) is 0 Å². The molecule has 0 spiro atoms. The van der Waals surface area contributed by atoms with E-state index >= 15 is 0 Å². The van der Waals surface area contributed by atoms with Gasteiger partial charge in [-0.15, -0.1) is 0 Å². The number of carbonyl (C=O) groups excluding carboxylic acids is 1. The van der Waals surface area contributed by atoms with Gasteiger partial charge in [-0.3, -0.25) is 9.48 Å². The molecule has 1 aromatic carbocycles.